The number of rotatable bonds is 6. The summed E-state index contributed by atoms with van der Waals surface area (Å²) < 4.78 is 1.74. The molecule has 156 valence electrons. The van der Waals surface area contributed by atoms with Crippen LogP contribution in [0.1, 0.15) is 56.6 Å². The standard InChI is InChI=1S/C22H31N5O2/c1-5-19-18(14-24-27(19)20-8-6-7-11-23-20)22(29)26-12-9-17(10-13-26)21(28)25-16(4)15(2)3/h6-8,11,14-17H,5,9-10,12-13H2,1-4H3,(H,25,28). The molecule has 1 aliphatic rings. The summed E-state index contributed by atoms with van der Waals surface area (Å²) in [7, 11) is 0. The molecule has 0 radical (unpaired) electrons. The first-order valence-electron chi connectivity index (χ1n) is 10.5. The normalized spacial score (nSPS) is 16.1. The molecule has 0 bridgehead atoms. The number of nitrogens with one attached hydrogen (secondary N) is 1. The lowest BCUT2D eigenvalue weighted by molar-refractivity contribution is -0.127. The van der Waals surface area contributed by atoms with Crippen molar-refractivity contribution >= 4 is 11.8 Å². The Morgan fingerprint density at radius 3 is 2.52 bits per heavy atom. The van der Waals surface area contributed by atoms with Crippen LogP contribution in [0.2, 0.25) is 0 Å². The fraction of sp³-hybridized carbons (Fsp3) is 0.545. The molecule has 0 saturated carbocycles. The second-order valence-electron chi connectivity index (χ2n) is 8.07. The summed E-state index contributed by atoms with van der Waals surface area (Å²) in [4.78, 5) is 31.8. The highest BCUT2D eigenvalue weighted by Gasteiger charge is 2.30. The Kier molecular flexibility index (Phi) is 6.67. The van der Waals surface area contributed by atoms with E-state index in [0.29, 0.717) is 49.7 Å². The van der Waals surface area contributed by atoms with E-state index in [0.717, 1.165) is 5.69 Å². The highest BCUT2D eigenvalue weighted by atomic mass is 16.2. The molecule has 2 aromatic heterocycles. The zero-order chi connectivity index (χ0) is 21.0. The number of likely N-dealkylation sites (tertiary alicyclic amines) is 1. The minimum Gasteiger partial charge on any atom is -0.353 e. The molecule has 7 nitrogen and oxygen atoms in total. The van der Waals surface area contributed by atoms with Gasteiger partial charge in [-0.3, -0.25) is 9.59 Å². The van der Waals surface area contributed by atoms with E-state index >= 15 is 0 Å². The molecular formula is C22H31N5O2. The first kappa shape index (κ1) is 21.0. The Bertz CT molecular complexity index is 838. The van der Waals surface area contributed by atoms with Gasteiger partial charge in [0.1, 0.15) is 0 Å². The van der Waals surface area contributed by atoms with E-state index in [-0.39, 0.29) is 23.8 Å². The van der Waals surface area contributed by atoms with Gasteiger partial charge in [0.05, 0.1) is 17.5 Å². The fourth-order valence-electron chi connectivity index (χ4n) is 3.59. The van der Waals surface area contributed by atoms with Crippen molar-refractivity contribution in [3.05, 3.63) is 41.9 Å². The van der Waals surface area contributed by atoms with E-state index in [1.807, 2.05) is 36.9 Å². The van der Waals surface area contributed by atoms with Crippen molar-refractivity contribution in [2.24, 2.45) is 11.8 Å². The summed E-state index contributed by atoms with van der Waals surface area (Å²) in [6, 6.07) is 5.79. The molecule has 1 unspecified atom stereocenters. The maximum atomic E-state index is 13.1. The maximum Gasteiger partial charge on any atom is 0.257 e. The molecule has 3 heterocycles. The summed E-state index contributed by atoms with van der Waals surface area (Å²) in [5, 5.41) is 7.51. The molecule has 1 fully saturated rings. The molecule has 1 atom stereocenters. The van der Waals surface area contributed by atoms with Gasteiger partial charge in [0, 0.05) is 31.2 Å². The number of piperidine rings is 1. The van der Waals surface area contributed by atoms with E-state index in [9.17, 15) is 9.59 Å². The lowest BCUT2D eigenvalue weighted by Crippen LogP contribution is -2.45. The van der Waals surface area contributed by atoms with E-state index in [4.69, 9.17) is 0 Å². The number of carbonyl (C=O) groups excluding carboxylic acids is 2. The van der Waals surface area contributed by atoms with Crippen LogP contribution in [-0.4, -0.2) is 50.6 Å². The fourth-order valence-corrected chi connectivity index (χ4v) is 3.59. The summed E-state index contributed by atoms with van der Waals surface area (Å²) in [6.07, 6.45) is 5.42. The third kappa shape index (κ3) is 4.66. The second kappa shape index (κ2) is 9.20. The van der Waals surface area contributed by atoms with Gasteiger partial charge in [0.15, 0.2) is 5.82 Å². The lowest BCUT2D eigenvalue weighted by atomic mass is 9.94. The number of hydrogen-bond acceptors (Lipinski definition) is 4. The van der Waals surface area contributed by atoms with E-state index in [2.05, 4.69) is 29.2 Å². The molecule has 3 rings (SSSR count). The first-order chi connectivity index (χ1) is 13.9. The van der Waals surface area contributed by atoms with Crippen molar-refractivity contribution in [3.63, 3.8) is 0 Å². The van der Waals surface area contributed by atoms with E-state index in [1.54, 1.807) is 17.1 Å². The largest absolute Gasteiger partial charge is 0.353 e. The molecule has 0 spiro atoms. The predicted molar refractivity (Wildman–Crippen MR) is 112 cm³/mol. The molecule has 2 amide bonds. The van der Waals surface area contributed by atoms with E-state index in [1.165, 1.54) is 0 Å². The van der Waals surface area contributed by atoms with Crippen LogP contribution in [0.4, 0.5) is 0 Å². The Balaban J connectivity index is 1.66. The summed E-state index contributed by atoms with van der Waals surface area (Å²) in [5.41, 5.74) is 1.48. The van der Waals surface area contributed by atoms with Crippen molar-refractivity contribution in [1.29, 1.82) is 0 Å². The van der Waals surface area contributed by atoms with Gasteiger partial charge in [-0.1, -0.05) is 26.8 Å². The molecule has 0 aromatic carbocycles. The van der Waals surface area contributed by atoms with Gasteiger partial charge in [-0.05, 0) is 44.2 Å². The zero-order valence-electron chi connectivity index (χ0n) is 17.8. The Morgan fingerprint density at radius 1 is 1.21 bits per heavy atom. The van der Waals surface area contributed by atoms with Crippen molar-refractivity contribution < 1.29 is 9.59 Å². The van der Waals surface area contributed by atoms with Gasteiger partial charge in [0.25, 0.3) is 5.91 Å². The number of aromatic nitrogens is 3. The summed E-state index contributed by atoms with van der Waals surface area (Å²) >= 11 is 0. The molecule has 0 aliphatic carbocycles. The summed E-state index contributed by atoms with van der Waals surface area (Å²) in [6.45, 7) is 9.42. The lowest BCUT2D eigenvalue weighted by Gasteiger charge is -2.32. The molecule has 1 saturated heterocycles. The molecular weight excluding hydrogens is 366 g/mol. The van der Waals surface area contributed by atoms with Crippen molar-refractivity contribution in [2.45, 2.75) is 53.0 Å². The molecule has 29 heavy (non-hydrogen) atoms. The van der Waals surface area contributed by atoms with Crippen LogP contribution in [0.3, 0.4) is 0 Å². The third-order valence-corrected chi connectivity index (χ3v) is 5.82. The minimum atomic E-state index is -0.0258. The highest BCUT2D eigenvalue weighted by Crippen LogP contribution is 2.22. The van der Waals surface area contributed by atoms with Crippen molar-refractivity contribution in [2.75, 3.05) is 13.1 Å². The van der Waals surface area contributed by atoms with Gasteiger partial charge in [-0.2, -0.15) is 5.10 Å². The smallest absolute Gasteiger partial charge is 0.257 e. The number of nitrogens with zero attached hydrogens (tertiary/aromatic N) is 4. The average Bonchev–Trinajstić information content (AvgIpc) is 3.17. The maximum absolute atomic E-state index is 13.1. The summed E-state index contributed by atoms with van der Waals surface area (Å²) in [5.74, 6) is 1.18. The van der Waals surface area contributed by atoms with Gasteiger partial charge in [-0.25, -0.2) is 9.67 Å². The van der Waals surface area contributed by atoms with Crippen molar-refractivity contribution in [3.8, 4) is 5.82 Å². The highest BCUT2D eigenvalue weighted by molar-refractivity contribution is 5.95. The Labute approximate surface area is 172 Å². The number of hydrogen-bond donors (Lipinski definition) is 1. The van der Waals surface area contributed by atoms with Crippen LogP contribution in [0.25, 0.3) is 5.82 Å². The van der Waals surface area contributed by atoms with Crippen molar-refractivity contribution in [1.82, 2.24) is 25.0 Å². The van der Waals surface area contributed by atoms with Gasteiger partial charge >= 0.3 is 0 Å². The van der Waals surface area contributed by atoms with Crippen LogP contribution < -0.4 is 5.32 Å². The molecule has 1 aliphatic heterocycles. The number of amides is 2. The van der Waals surface area contributed by atoms with Gasteiger partial charge in [-0.15, -0.1) is 0 Å². The quantitative estimate of drug-likeness (QED) is 0.813. The monoisotopic (exact) mass is 397 g/mol. The molecule has 1 N–H and O–H groups in total. The zero-order valence-corrected chi connectivity index (χ0v) is 17.8. The third-order valence-electron chi connectivity index (χ3n) is 5.82. The Hall–Kier alpha value is -2.70. The van der Waals surface area contributed by atoms with Crippen LogP contribution in [0, 0.1) is 11.8 Å². The van der Waals surface area contributed by atoms with Crippen LogP contribution in [0.5, 0.6) is 0 Å². The van der Waals surface area contributed by atoms with Gasteiger partial charge in [0.2, 0.25) is 5.91 Å². The second-order valence-corrected chi connectivity index (χ2v) is 8.07. The predicted octanol–water partition coefficient (Wildman–Crippen LogP) is 2.84. The van der Waals surface area contributed by atoms with Crippen LogP contribution in [0.15, 0.2) is 30.6 Å². The minimum absolute atomic E-state index is 0.0153. The topological polar surface area (TPSA) is 80.1 Å². The molecule has 2 aromatic rings. The van der Waals surface area contributed by atoms with Crippen LogP contribution >= 0.6 is 0 Å². The SMILES string of the molecule is CCc1c(C(=O)N2CCC(C(=O)NC(C)C(C)C)CC2)cnn1-c1ccccn1. The molecule has 7 heteroatoms. The first-order valence-corrected chi connectivity index (χ1v) is 10.5. The van der Waals surface area contributed by atoms with Crippen LogP contribution in [-0.2, 0) is 11.2 Å². The number of pyridine rings is 1. The number of carbonyl (C=O) groups is 2. The van der Waals surface area contributed by atoms with E-state index < -0.39 is 0 Å². The Morgan fingerprint density at radius 2 is 1.93 bits per heavy atom. The average molecular weight is 398 g/mol. The van der Waals surface area contributed by atoms with Gasteiger partial charge < -0.3 is 10.2 Å².